The molecule has 2 aliphatic rings. The van der Waals surface area contributed by atoms with E-state index in [1.807, 2.05) is 0 Å². The monoisotopic (exact) mass is 99.1 g/mol. The zero-order valence-corrected chi connectivity index (χ0v) is 4.09. The molecule has 1 heterocycles. The summed E-state index contributed by atoms with van der Waals surface area (Å²) in [7, 11) is 0. The summed E-state index contributed by atoms with van der Waals surface area (Å²) in [5.74, 6) is 0.625. The predicted molar refractivity (Wildman–Crippen MR) is 25.9 cm³/mol. The Morgan fingerprint density at radius 2 is 2.43 bits per heavy atom. The fourth-order valence-corrected chi connectivity index (χ4v) is 1.30. The minimum Gasteiger partial charge on any atom is -0.391 e. The Morgan fingerprint density at radius 1 is 1.57 bits per heavy atom. The summed E-state index contributed by atoms with van der Waals surface area (Å²) in [6.45, 7) is 0.829. The number of fused-ring (bicyclic) bond motifs is 1. The third-order valence-corrected chi connectivity index (χ3v) is 1.92. The third kappa shape index (κ3) is 0.409. The molecule has 0 spiro atoms. The van der Waals surface area contributed by atoms with Gasteiger partial charge >= 0.3 is 0 Å². The SMILES string of the molecule is O[C@@H]1CN[C@@H]2C[C@H]12. The van der Waals surface area contributed by atoms with Crippen LogP contribution in [-0.2, 0) is 0 Å². The molecule has 1 saturated carbocycles. The van der Waals surface area contributed by atoms with E-state index >= 15 is 0 Å². The van der Waals surface area contributed by atoms with Crippen molar-refractivity contribution in [1.82, 2.24) is 5.32 Å². The number of rotatable bonds is 0. The number of nitrogens with one attached hydrogen (secondary N) is 1. The highest BCUT2D eigenvalue weighted by atomic mass is 16.3. The zero-order chi connectivity index (χ0) is 4.85. The average molecular weight is 99.1 g/mol. The van der Waals surface area contributed by atoms with E-state index in [1.165, 1.54) is 6.42 Å². The second-order valence-electron chi connectivity index (χ2n) is 2.48. The number of hydrogen-bond acceptors (Lipinski definition) is 2. The number of aliphatic hydroxyl groups excluding tert-OH is 1. The summed E-state index contributed by atoms with van der Waals surface area (Å²) in [4.78, 5) is 0. The van der Waals surface area contributed by atoms with Gasteiger partial charge in [-0.15, -0.1) is 0 Å². The largest absolute Gasteiger partial charge is 0.391 e. The average Bonchev–Trinajstić information content (AvgIpc) is 2.33. The van der Waals surface area contributed by atoms with E-state index in [4.69, 9.17) is 5.11 Å². The quantitative estimate of drug-likeness (QED) is 0.422. The Labute approximate surface area is 42.5 Å². The third-order valence-electron chi connectivity index (χ3n) is 1.92. The lowest BCUT2D eigenvalue weighted by Gasteiger charge is -1.98. The molecule has 0 radical (unpaired) electrons. The van der Waals surface area contributed by atoms with E-state index in [0.717, 1.165) is 6.54 Å². The van der Waals surface area contributed by atoms with Crippen LogP contribution < -0.4 is 5.32 Å². The van der Waals surface area contributed by atoms with E-state index < -0.39 is 0 Å². The summed E-state index contributed by atoms with van der Waals surface area (Å²) in [5.41, 5.74) is 0. The number of hydrogen-bond donors (Lipinski definition) is 2. The minimum absolute atomic E-state index is 0.0231. The Kier molecular flexibility index (Phi) is 0.557. The van der Waals surface area contributed by atoms with Crippen LogP contribution in [0.2, 0.25) is 0 Å². The van der Waals surface area contributed by atoms with Gasteiger partial charge in [0.05, 0.1) is 6.10 Å². The number of aliphatic hydroxyl groups is 1. The second-order valence-corrected chi connectivity index (χ2v) is 2.48. The molecule has 0 unspecified atom stereocenters. The van der Waals surface area contributed by atoms with E-state index in [9.17, 15) is 0 Å². The van der Waals surface area contributed by atoms with Gasteiger partial charge in [0.1, 0.15) is 0 Å². The van der Waals surface area contributed by atoms with Gasteiger partial charge in [-0.25, -0.2) is 0 Å². The molecule has 3 atom stereocenters. The van der Waals surface area contributed by atoms with Crippen LogP contribution in [0.15, 0.2) is 0 Å². The van der Waals surface area contributed by atoms with Crippen LogP contribution in [0.4, 0.5) is 0 Å². The van der Waals surface area contributed by atoms with Gasteiger partial charge in [0.25, 0.3) is 0 Å². The van der Waals surface area contributed by atoms with Gasteiger partial charge in [-0.3, -0.25) is 0 Å². The summed E-state index contributed by atoms with van der Waals surface area (Å²) in [6, 6.07) is 0.690. The standard InChI is InChI=1S/C5H9NO/c7-5-2-6-4-1-3(4)5/h3-7H,1-2H2/t3-,4+,5+/m0/s1. The van der Waals surface area contributed by atoms with Crippen LogP contribution in [0.3, 0.4) is 0 Å². The maximum absolute atomic E-state index is 8.98. The van der Waals surface area contributed by atoms with Gasteiger partial charge in [-0.1, -0.05) is 0 Å². The van der Waals surface area contributed by atoms with Crippen LogP contribution >= 0.6 is 0 Å². The van der Waals surface area contributed by atoms with Gasteiger partial charge < -0.3 is 10.4 Å². The number of β-amino-alcohol motifs (C(OH)–C–C–N with tert-alkyl or cyclic N) is 1. The highest BCUT2D eigenvalue weighted by molar-refractivity contribution is 5.03. The highest BCUT2D eigenvalue weighted by Crippen LogP contribution is 2.37. The summed E-state index contributed by atoms with van der Waals surface area (Å²) >= 11 is 0. The molecule has 0 aromatic heterocycles. The lowest BCUT2D eigenvalue weighted by atomic mass is 10.3. The van der Waals surface area contributed by atoms with Crippen LogP contribution in [-0.4, -0.2) is 23.8 Å². The topological polar surface area (TPSA) is 32.3 Å². The lowest BCUT2D eigenvalue weighted by Crippen LogP contribution is -2.18. The van der Waals surface area contributed by atoms with E-state index in [-0.39, 0.29) is 6.10 Å². The predicted octanol–water partition coefficient (Wildman–Crippen LogP) is -0.661. The Balaban J connectivity index is 2.08. The van der Waals surface area contributed by atoms with Crippen molar-refractivity contribution in [2.45, 2.75) is 18.6 Å². The first-order valence-corrected chi connectivity index (χ1v) is 2.79. The van der Waals surface area contributed by atoms with Crippen LogP contribution in [0.25, 0.3) is 0 Å². The van der Waals surface area contributed by atoms with Crippen molar-refractivity contribution < 1.29 is 5.11 Å². The molecule has 1 aliphatic carbocycles. The molecule has 1 aliphatic heterocycles. The highest BCUT2D eigenvalue weighted by Gasteiger charge is 2.47. The van der Waals surface area contributed by atoms with E-state index in [1.54, 1.807) is 0 Å². The van der Waals surface area contributed by atoms with Gasteiger partial charge in [-0.2, -0.15) is 0 Å². The first kappa shape index (κ1) is 3.87. The maximum atomic E-state index is 8.98. The van der Waals surface area contributed by atoms with Crippen molar-refractivity contribution in [3.05, 3.63) is 0 Å². The van der Waals surface area contributed by atoms with Gasteiger partial charge in [-0.05, 0) is 6.42 Å². The minimum atomic E-state index is -0.0231. The van der Waals surface area contributed by atoms with Crippen LogP contribution in [0.1, 0.15) is 6.42 Å². The molecule has 2 fully saturated rings. The molecule has 1 saturated heterocycles. The molecular formula is C5H9NO. The molecule has 2 heteroatoms. The van der Waals surface area contributed by atoms with E-state index in [0.29, 0.717) is 12.0 Å². The summed E-state index contributed by atoms with van der Waals surface area (Å²) < 4.78 is 0. The van der Waals surface area contributed by atoms with Crippen molar-refractivity contribution >= 4 is 0 Å². The first-order valence-electron chi connectivity index (χ1n) is 2.79. The Morgan fingerprint density at radius 3 is 2.57 bits per heavy atom. The van der Waals surface area contributed by atoms with Crippen molar-refractivity contribution in [3.8, 4) is 0 Å². The fourth-order valence-electron chi connectivity index (χ4n) is 1.30. The van der Waals surface area contributed by atoms with Crippen LogP contribution in [0.5, 0.6) is 0 Å². The lowest BCUT2D eigenvalue weighted by molar-refractivity contribution is 0.171. The van der Waals surface area contributed by atoms with Crippen molar-refractivity contribution in [2.24, 2.45) is 5.92 Å². The molecule has 40 valence electrons. The molecule has 2 nitrogen and oxygen atoms in total. The smallest absolute Gasteiger partial charge is 0.0708 e. The molecular weight excluding hydrogens is 90.1 g/mol. The normalized spacial score (nSPS) is 57.0. The summed E-state index contributed by atoms with van der Waals surface area (Å²) in [5, 5.41) is 12.2. The Bertz CT molecular complexity index is 94.1. The van der Waals surface area contributed by atoms with Gasteiger partial charge in [0.15, 0.2) is 0 Å². The second kappa shape index (κ2) is 1.01. The summed E-state index contributed by atoms with van der Waals surface area (Å²) in [6.07, 6.45) is 1.19. The van der Waals surface area contributed by atoms with Crippen molar-refractivity contribution in [3.63, 3.8) is 0 Å². The molecule has 0 bridgehead atoms. The Hall–Kier alpha value is -0.0800. The van der Waals surface area contributed by atoms with E-state index in [2.05, 4.69) is 5.32 Å². The molecule has 0 aromatic carbocycles. The molecule has 2 rings (SSSR count). The first-order chi connectivity index (χ1) is 3.38. The molecule has 0 aromatic rings. The van der Waals surface area contributed by atoms with Crippen LogP contribution in [0, 0.1) is 5.92 Å². The number of piperidine rings is 1. The molecule has 0 amide bonds. The van der Waals surface area contributed by atoms with Crippen molar-refractivity contribution in [2.75, 3.05) is 6.54 Å². The van der Waals surface area contributed by atoms with Crippen molar-refractivity contribution in [1.29, 1.82) is 0 Å². The zero-order valence-electron chi connectivity index (χ0n) is 4.09. The fraction of sp³-hybridized carbons (Fsp3) is 1.00. The van der Waals surface area contributed by atoms with Gasteiger partial charge in [0.2, 0.25) is 0 Å². The van der Waals surface area contributed by atoms with Gasteiger partial charge in [0, 0.05) is 18.5 Å². The molecule has 2 N–H and O–H groups in total. The molecule has 7 heavy (non-hydrogen) atoms. The maximum Gasteiger partial charge on any atom is 0.0708 e.